The van der Waals surface area contributed by atoms with Crippen LogP contribution in [0.25, 0.3) is 11.1 Å². The highest BCUT2D eigenvalue weighted by atomic mass is 32.2. The summed E-state index contributed by atoms with van der Waals surface area (Å²) >= 11 is 0. The monoisotopic (exact) mass is 345 g/mol. The fraction of sp³-hybridized carbons (Fsp3) is 0.176. The molecule has 24 heavy (non-hydrogen) atoms. The third-order valence-corrected chi connectivity index (χ3v) is 4.65. The van der Waals surface area contributed by atoms with Crippen LogP contribution in [0.4, 0.5) is 0 Å². The fourth-order valence-corrected chi connectivity index (χ4v) is 3.35. The number of hydrogen-bond donors (Lipinski definition) is 2. The van der Waals surface area contributed by atoms with Gasteiger partial charge in [0.15, 0.2) is 15.8 Å². The molecule has 0 unspecified atom stereocenters. The Hall–Kier alpha value is -2.67. The Morgan fingerprint density at radius 1 is 1.08 bits per heavy atom. The topological polar surface area (TPSA) is 116 Å². The lowest BCUT2D eigenvalue weighted by Crippen LogP contribution is -2.24. The van der Waals surface area contributed by atoms with Gasteiger partial charge in [-0.2, -0.15) is 4.99 Å². The molecule has 0 saturated heterocycles. The Morgan fingerprint density at radius 2 is 1.75 bits per heavy atom. The average Bonchev–Trinajstić information content (AvgIpc) is 2.44. The van der Waals surface area contributed by atoms with E-state index in [2.05, 4.69) is 4.99 Å². The predicted molar refractivity (Wildman–Crippen MR) is 94.6 cm³/mol. The van der Waals surface area contributed by atoms with Gasteiger partial charge in [-0.1, -0.05) is 29.8 Å². The minimum atomic E-state index is -3.56. The number of carbonyl (C=O) groups excluding carboxylic acids is 1. The Kier molecular flexibility index (Phi) is 4.75. The van der Waals surface area contributed by atoms with E-state index in [9.17, 15) is 13.2 Å². The zero-order chi connectivity index (χ0) is 18.1. The summed E-state index contributed by atoms with van der Waals surface area (Å²) in [4.78, 5) is 15.7. The maximum atomic E-state index is 12.2. The molecule has 126 valence electrons. The lowest BCUT2D eigenvalue weighted by atomic mass is 9.98. The van der Waals surface area contributed by atoms with Crippen LogP contribution in [-0.4, -0.2) is 26.5 Å². The number of hydrogen-bond acceptors (Lipinski definition) is 3. The van der Waals surface area contributed by atoms with Crippen molar-refractivity contribution >= 4 is 21.7 Å². The van der Waals surface area contributed by atoms with E-state index in [4.69, 9.17) is 11.5 Å². The maximum Gasteiger partial charge on any atom is 0.280 e. The SMILES string of the molecule is Cc1cccc(-c2cc(C)c(C(=O)N=C(N)N)cc2S(C)(=O)=O)c1. The third-order valence-electron chi connectivity index (χ3n) is 3.52. The zero-order valence-corrected chi connectivity index (χ0v) is 14.5. The van der Waals surface area contributed by atoms with Crippen LogP contribution in [0.1, 0.15) is 21.5 Å². The highest BCUT2D eigenvalue weighted by Crippen LogP contribution is 2.31. The molecule has 0 aliphatic rings. The van der Waals surface area contributed by atoms with Gasteiger partial charge in [0.05, 0.1) is 4.90 Å². The van der Waals surface area contributed by atoms with Crippen molar-refractivity contribution in [3.63, 3.8) is 0 Å². The largest absolute Gasteiger partial charge is 0.370 e. The minimum Gasteiger partial charge on any atom is -0.370 e. The van der Waals surface area contributed by atoms with E-state index in [0.29, 0.717) is 11.1 Å². The molecule has 0 bridgehead atoms. The van der Waals surface area contributed by atoms with Crippen molar-refractivity contribution in [2.24, 2.45) is 16.5 Å². The molecule has 0 spiro atoms. The van der Waals surface area contributed by atoms with E-state index in [1.807, 2.05) is 31.2 Å². The van der Waals surface area contributed by atoms with Crippen LogP contribution in [-0.2, 0) is 9.84 Å². The highest BCUT2D eigenvalue weighted by molar-refractivity contribution is 7.90. The molecule has 0 atom stereocenters. The lowest BCUT2D eigenvalue weighted by Gasteiger charge is -2.13. The van der Waals surface area contributed by atoms with E-state index in [-0.39, 0.29) is 16.4 Å². The molecule has 2 aromatic carbocycles. The van der Waals surface area contributed by atoms with Crippen LogP contribution in [0.5, 0.6) is 0 Å². The quantitative estimate of drug-likeness (QED) is 0.650. The predicted octanol–water partition coefficient (Wildman–Crippen LogP) is 1.79. The summed E-state index contributed by atoms with van der Waals surface area (Å²) in [7, 11) is -3.56. The summed E-state index contributed by atoms with van der Waals surface area (Å²) in [5, 5.41) is 0. The number of carbonyl (C=O) groups is 1. The van der Waals surface area contributed by atoms with Crippen molar-refractivity contribution < 1.29 is 13.2 Å². The smallest absolute Gasteiger partial charge is 0.280 e. The second-order valence-electron chi connectivity index (χ2n) is 5.65. The molecule has 4 N–H and O–H groups in total. The summed E-state index contributed by atoms with van der Waals surface area (Å²) in [6, 6.07) is 10.5. The number of benzene rings is 2. The second kappa shape index (κ2) is 6.45. The number of nitrogens with zero attached hydrogens (tertiary/aromatic N) is 1. The van der Waals surface area contributed by atoms with Crippen molar-refractivity contribution in [1.82, 2.24) is 0 Å². The molecule has 2 rings (SSSR count). The van der Waals surface area contributed by atoms with Crippen molar-refractivity contribution in [2.75, 3.05) is 6.26 Å². The Morgan fingerprint density at radius 3 is 2.29 bits per heavy atom. The first-order valence-electron chi connectivity index (χ1n) is 7.15. The van der Waals surface area contributed by atoms with Crippen LogP contribution in [0.2, 0.25) is 0 Å². The molecule has 0 saturated carbocycles. The van der Waals surface area contributed by atoms with Crippen LogP contribution in [0.3, 0.4) is 0 Å². The van der Waals surface area contributed by atoms with E-state index in [1.54, 1.807) is 13.0 Å². The molecular formula is C17H19N3O3S. The summed E-state index contributed by atoms with van der Waals surface area (Å²) in [5.74, 6) is -1.05. The van der Waals surface area contributed by atoms with Crippen molar-refractivity contribution in [3.8, 4) is 11.1 Å². The molecule has 6 nitrogen and oxygen atoms in total. The standard InChI is InChI=1S/C17H19N3O3S/c1-10-5-4-6-12(7-10)14-8-11(2)13(16(21)20-17(18)19)9-15(14)24(3,22)23/h4-9H,1-3H3,(H4,18,19,20,21). The van der Waals surface area contributed by atoms with Crippen LogP contribution < -0.4 is 11.5 Å². The van der Waals surface area contributed by atoms with Gasteiger partial charge >= 0.3 is 0 Å². The van der Waals surface area contributed by atoms with Crippen LogP contribution in [0, 0.1) is 13.8 Å². The Balaban J connectivity index is 2.76. The molecule has 7 heteroatoms. The second-order valence-corrected chi connectivity index (χ2v) is 7.63. The summed E-state index contributed by atoms with van der Waals surface area (Å²) in [6.45, 7) is 3.63. The fourth-order valence-electron chi connectivity index (χ4n) is 2.44. The van der Waals surface area contributed by atoms with Gasteiger partial charge in [0.25, 0.3) is 5.91 Å². The molecule has 0 aliphatic heterocycles. The first-order chi connectivity index (χ1) is 11.1. The Labute approximate surface area is 141 Å². The average molecular weight is 345 g/mol. The number of aryl methyl sites for hydroxylation is 2. The van der Waals surface area contributed by atoms with Gasteiger partial charge in [-0.25, -0.2) is 8.42 Å². The normalized spacial score (nSPS) is 11.1. The molecule has 0 aliphatic carbocycles. The van der Waals surface area contributed by atoms with Gasteiger partial charge in [-0.05, 0) is 37.1 Å². The third kappa shape index (κ3) is 3.80. The summed E-state index contributed by atoms with van der Waals surface area (Å²) in [5.41, 5.74) is 13.5. The first kappa shape index (κ1) is 17.7. The van der Waals surface area contributed by atoms with Gasteiger partial charge < -0.3 is 11.5 Å². The highest BCUT2D eigenvalue weighted by Gasteiger charge is 2.20. The summed E-state index contributed by atoms with van der Waals surface area (Å²) in [6.07, 6.45) is 1.10. The maximum absolute atomic E-state index is 12.2. The van der Waals surface area contributed by atoms with Crippen molar-refractivity contribution in [1.29, 1.82) is 0 Å². The summed E-state index contributed by atoms with van der Waals surface area (Å²) < 4.78 is 24.4. The molecule has 0 fully saturated rings. The Bertz CT molecular complexity index is 944. The minimum absolute atomic E-state index is 0.0628. The molecule has 1 amide bonds. The first-order valence-corrected chi connectivity index (χ1v) is 9.04. The van der Waals surface area contributed by atoms with E-state index >= 15 is 0 Å². The van der Waals surface area contributed by atoms with Crippen molar-refractivity contribution in [3.05, 3.63) is 53.1 Å². The van der Waals surface area contributed by atoms with Gasteiger partial charge in [-0.3, -0.25) is 4.79 Å². The molecular weight excluding hydrogens is 326 g/mol. The zero-order valence-electron chi connectivity index (χ0n) is 13.7. The number of amides is 1. The van der Waals surface area contributed by atoms with E-state index < -0.39 is 15.7 Å². The van der Waals surface area contributed by atoms with Crippen LogP contribution >= 0.6 is 0 Å². The number of sulfone groups is 1. The van der Waals surface area contributed by atoms with Gasteiger partial charge in [0.2, 0.25) is 0 Å². The number of guanidine groups is 1. The van der Waals surface area contributed by atoms with Gasteiger partial charge in [0.1, 0.15) is 0 Å². The number of rotatable bonds is 3. The van der Waals surface area contributed by atoms with E-state index in [1.165, 1.54) is 6.07 Å². The van der Waals surface area contributed by atoms with Gasteiger partial charge in [0, 0.05) is 17.4 Å². The van der Waals surface area contributed by atoms with E-state index in [0.717, 1.165) is 17.4 Å². The molecule has 0 heterocycles. The number of aliphatic imine (C=N–C) groups is 1. The van der Waals surface area contributed by atoms with Crippen LogP contribution in [0.15, 0.2) is 46.3 Å². The van der Waals surface area contributed by atoms with Gasteiger partial charge in [-0.15, -0.1) is 0 Å². The molecule has 0 radical (unpaired) electrons. The lowest BCUT2D eigenvalue weighted by molar-refractivity contribution is 0.100. The number of nitrogens with two attached hydrogens (primary N) is 2. The molecule has 0 aromatic heterocycles. The van der Waals surface area contributed by atoms with Crippen molar-refractivity contribution in [2.45, 2.75) is 18.7 Å². The molecule has 2 aromatic rings.